The van der Waals surface area contributed by atoms with Gasteiger partial charge >= 0.3 is 104 Å². The van der Waals surface area contributed by atoms with E-state index in [1.54, 1.807) is 10.5 Å². The van der Waals surface area contributed by atoms with Crippen LogP contribution in [0.25, 0.3) is 0 Å². The van der Waals surface area contributed by atoms with Crippen molar-refractivity contribution >= 4 is 43.5 Å². The molecular weight excluding hydrogens is 322 g/mol. The van der Waals surface area contributed by atoms with Crippen LogP contribution < -0.4 is 4.46 Å². The van der Waals surface area contributed by atoms with E-state index >= 15 is 0 Å². The number of hydrogen-bond acceptors (Lipinski definition) is 1. The van der Waals surface area contributed by atoms with Crippen LogP contribution in [0.1, 0.15) is 25.8 Å². The van der Waals surface area contributed by atoms with Crippen molar-refractivity contribution in [2.75, 3.05) is 5.75 Å². The van der Waals surface area contributed by atoms with Gasteiger partial charge in [0, 0.05) is 0 Å². The second-order valence-electron chi connectivity index (χ2n) is 4.20. The Labute approximate surface area is 103 Å². The number of rotatable bonds is 1. The molecule has 2 rings (SSSR count). The van der Waals surface area contributed by atoms with Crippen molar-refractivity contribution in [1.82, 2.24) is 0 Å². The SMILES string of the molecule is CC1(C)CCSc2c([Se][Se])cccc21. The van der Waals surface area contributed by atoms with Gasteiger partial charge in [0.1, 0.15) is 0 Å². The molecule has 1 heterocycles. The zero-order chi connectivity index (χ0) is 10.2. The van der Waals surface area contributed by atoms with Gasteiger partial charge in [-0.15, -0.1) is 0 Å². The van der Waals surface area contributed by atoms with Crippen LogP contribution in [0, 0.1) is 0 Å². The first-order chi connectivity index (χ1) is 6.65. The molecule has 1 aliphatic rings. The Morgan fingerprint density at radius 2 is 2.21 bits per heavy atom. The molecule has 0 unspecified atom stereocenters. The first-order valence-corrected chi connectivity index (χ1v) is 10.9. The average molecular weight is 335 g/mol. The van der Waals surface area contributed by atoms with Crippen molar-refractivity contribution in [2.45, 2.75) is 30.6 Å². The standard InChI is InChI=1S/C11H13SSe2/c1-11(2)6-7-12-10-8(11)4-3-5-9(10)14-13/h3-5H,6-7H2,1-2H3. The summed E-state index contributed by atoms with van der Waals surface area (Å²) in [5.41, 5.74) is 1.94. The van der Waals surface area contributed by atoms with Crippen LogP contribution in [0.2, 0.25) is 0 Å². The number of fused-ring (bicyclic) bond motifs is 1. The second kappa shape index (κ2) is 4.23. The normalized spacial score (nSPS) is 19.1. The summed E-state index contributed by atoms with van der Waals surface area (Å²) in [5, 5.41) is 0. The molecule has 3 heteroatoms. The van der Waals surface area contributed by atoms with Crippen LogP contribution in [0.3, 0.4) is 0 Å². The molecule has 0 atom stereocenters. The molecule has 0 N–H and O–H groups in total. The van der Waals surface area contributed by atoms with Gasteiger partial charge in [-0.1, -0.05) is 0 Å². The zero-order valence-electron chi connectivity index (χ0n) is 8.37. The molecule has 0 fully saturated rings. The molecule has 0 saturated carbocycles. The van der Waals surface area contributed by atoms with Crippen molar-refractivity contribution < 1.29 is 0 Å². The Morgan fingerprint density at radius 1 is 1.43 bits per heavy atom. The van der Waals surface area contributed by atoms with Gasteiger partial charge in [-0.25, -0.2) is 0 Å². The molecule has 0 aromatic heterocycles. The number of benzene rings is 1. The number of thioether (sulfide) groups is 1. The fourth-order valence-corrected chi connectivity index (χ4v) is 6.72. The minimum absolute atomic E-state index is 0.377. The molecule has 1 aromatic rings. The van der Waals surface area contributed by atoms with Gasteiger partial charge in [0.2, 0.25) is 0 Å². The van der Waals surface area contributed by atoms with E-state index in [0.29, 0.717) is 18.5 Å². The van der Waals surface area contributed by atoms with Gasteiger partial charge < -0.3 is 0 Å². The van der Waals surface area contributed by atoms with Gasteiger partial charge in [0.15, 0.2) is 0 Å². The molecule has 1 radical (unpaired) electrons. The maximum absolute atomic E-state index is 3.19. The van der Waals surface area contributed by atoms with Crippen LogP contribution in [0.5, 0.6) is 0 Å². The fourth-order valence-electron chi connectivity index (χ4n) is 1.81. The third-order valence-electron chi connectivity index (χ3n) is 2.77. The molecule has 75 valence electrons. The van der Waals surface area contributed by atoms with E-state index in [9.17, 15) is 0 Å². The Balaban J connectivity index is 2.55. The van der Waals surface area contributed by atoms with E-state index in [1.807, 2.05) is 11.8 Å². The monoisotopic (exact) mass is 337 g/mol. The Hall–Kier alpha value is 0.609. The average Bonchev–Trinajstić information content (AvgIpc) is 2.17. The van der Waals surface area contributed by atoms with Crippen LogP contribution in [-0.4, -0.2) is 33.1 Å². The predicted molar refractivity (Wildman–Crippen MR) is 66.0 cm³/mol. The van der Waals surface area contributed by atoms with E-state index < -0.39 is 0 Å². The molecule has 1 aromatic carbocycles. The Morgan fingerprint density at radius 3 is 2.93 bits per heavy atom. The second-order valence-corrected chi connectivity index (χ2v) is 8.39. The summed E-state index contributed by atoms with van der Waals surface area (Å²) in [6.45, 7) is 4.73. The number of hydrogen-bond donors (Lipinski definition) is 0. The first-order valence-electron chi connectivity index (χ1n) is 4.71. The molecule has 0 bridgehead atoms. The summed E-state index contributed by atoms with van der Waals surface area (Å²) in [6.07, 6.45) is 1.30. The van der Waals surface area contributed by atoms with E-state index in [4.69, 9.17) is 0 Å². The van der Waals surface area contributed by atoms with E-state index in [2.05, 4.69) is 46.2 Å². The maximum atomic E-state index is 3.19. The van der Waals surface area contributed by atoms with E-state index in [0.717, 1.165) is 0 Å². The zero-order valence-corrected chi connectivity index (χ0v) is 12.6. The van der Waals surface area contributed by atoms with Crippen LogP contribution in [-0.2, 0) is 5.41 Å². The fraction of sp³-hybridized carbons (Fsp3) is 0.455. The van der Waals surface area contributed by atoms with Crippen molar-refractivity contribution in [3.8, 4) is 0 Å². The Bertz CT molecular complexity index is 347. The third-order valence-corrected chi connectivity index (χ3v) is 7.25. The summed E-state index contributed by atoms with van der Waals surface area (Å²) in [4.78, 5) is 1.56. The van der Waals surface area contributed by atoms with Gasteiger partial charge in [0.25, 0.3) is 0 Å². The molecule has 0 aliphatic carbocycles. The molecule has 0 nitrogen and oxygen atoms in total. The summed E-state index contributed by atoms with van der Waals surface area (Å²) < 4.78 is 1.53. The molecular formula is C11H13SSe2. The first kappa shape index (κ1) is 11.1. The van der Waals surface area contributed by atoms with Crippen LogP contribution in [0.4, 0.5) is 0 Å². The molecule has 1 aliphatic heterocycles. The topological polar surface area (TPSA) is 0 Å². The van der Waals surface area contributed by atoms with Crippen molar-refractivity contribution in [2.24, 2.45) is 0 Å². The van der Waals surface area contributed by atoms with Gasteiger partial charge in [-0.05, 0) is 0 Å². The van der Waals surface area contributed by atoms with Gasteiger partial charge in [-0.3, -0.25) is 0 Å². The van der Waals surface area contributed by atoms with E-state index in [-0.39, 0.29) is 0 Å². The quantitative estimate of drug-likeness (QED) is 0.706. The summed E-state index contributed by atoms with van der Waals surface area (Å²) in [7, 11) is 0. The third kappa shape index (κ3) is 1.94. The Kier molecular flexibility index (Phi) is 3.36. The molecule has 0 spiro atoms. The minimum atomic E-state index is 0.377. The van der Waals surface area contributed by atoms with Crippen LogP contribution in [0.15, 0.2) is 23.1 Å². The summed E-state index contributed by atoms with van der Waals surface area (Å²) in [5.74, 6) is 1.27. The van der Waals surface area contributed by atoms with Crippen LogP contribution >= 0.6 is 11.8 Å². The summed E-state index contributed by atoms with van der Waals surface area (Å²) in [6, 6.07) is 6.78. The molecule has 0 amide bonds. The van der Waals surface area contributed by atoms with E-state index in [1.165, 1.54) is 16.6 Å². The summed E-state index contributed by atoms with van der Waals surface area (Å²) >= 11 is 5.73. The van der Waals surface area contributed by atoms with Gasteiger partial charge in [-0.2, -0.15) is 0 Å². The van der Waals surface area contributed by atoms with Crippen molar-refractivity contribution in [3.63, 3.8) is 0 Å². The predicted octanol–water partition coefficient (Wildman–Crippen LogP) is 1.87. The van der Waals surface area contributed by atoms with Crippen molar-refractivity contribution in [3.05, 3.63) is 23.8 Å². The molecule has 0 saturated heterocycles. The van der Waals surface area contributed by atoms with Crippen molar-refractivity contribution in [1.29, 1.82) is 0 Å². The van der Waals surface area contributed by atoms with Gasteiger partial charge in [0.05, 0.1) is 0 Å². The molecule has 14 heavy (non-hydrogen) atoms.